The molecule has 0 spiro atoms. The molecule has 0 saturated heterocycles. The topological polar surface area (TPSA) is 38.5 Å². The minimum atomic E-state index is 0.561. The van der Waals surface area contributed by atoms with Gasteiger partial charge in [0.15, 0.2) is 0 Å². The van der Waals surface area contributed by atoms with Crippen molar-refractivity contribution in [2.24, 2.45) is 11.7 Å². The van der Waals surface area contributed by atoms with Crippen molar-refractivity contribution < 1.29 is 4.74 Å². The number of hydrogen-bond acceptors (Lipinski definition) is 3. The van der Waals surface area contributed by atoms with Gasteiger partial charge in [0, 0.05) is 19.6 Å². The lowest BCUT2D eigenvalue weighted by atomic mass is 10.1. The lowest BCUT2D eigenvalue weighted by Crippen LogP contribution is -2.28. The zero-order valence-corrected chi connectivity index (χ0v) is 11.9. The van der Waals surface area contributed by atoms with Crippen molar-refractivity contribution in [1.82, 2.24) is 4.90 Å². The number of rotatable bonds is 8. The van der Waals surface area contributed by atoms with Gasteiger partial charge in [-0.2, -0.15) is 0 Å². The number of nitrogens with zero attached hydrogens (tertiary/aromatic N) is 1. The molecule has 1 rings (SSSR count). The van der Waals surface area contributed by atoms with Gasteiger partial charge in [-0.25, -0.2) is 0 Å². The average molecular weight is 250 g/mol. The Balaban J connectivity index is 2.28. The summed E-state index contributed by atoms with van der Waals surface area (Å²) in [5.74, 6) is 1.66. The van der Waals surface area contributed by atoms with Crippen LogP contribution in [0, 0.1) is 5.92 Å². The lowest BCUT2D eigenvalue weighted by Gasteiger charge is -2.20. The van der Waals surface area contributed by atoms with Gasteiger partial charge in [-0.1, -0.05) is 32.4 Å². The second-order valence-corrected chi connectivity index (χ2v) is 4.98. The van der Waals surface area contributed by atoms with Crippen LogP contribution in [0.1, 0.15) is 25.8 Å². The minimum Gasteiger partial charge on any atom is -0.492 e. The third-order valence-electron chi connectivity index (χ3n) is 3.20. The summed E-state index contributed by atoms with van der Waals surface area (Å²) in [5, 5.41) is 0. The number of nitrogens with two attached hydrogens (primary N) is 1. The normalized spacial score (nSPS) is 12.7. The third kappa shape index (κ3) is 5.52. The largest absolute Gasteiger partial charge is 0.492 e. The van der Waals surface area contributed by atoms with Crippen LogP contribution in [0.4, 0.5) is 0 Å². The van der Waals surface area contributed by atoms with Crippen molar-refractivity contribution in [3.8, 4) is 5.75 Å². The van der Waals surface area contributed by atoms with Gasteiger partial charge in [0.05, 0.1) is 0 Å². The quantitative estimate of drug-likeness (QED) is 0.770. The molecule has 0 saturated carbocycles. The summed E-state index contributed by atoms with van der Waals surface area (Å²) in [5.41, 5.74) is 6.71. The van der Waals surface area contributed by atoms with E-state index >= 15 is 0 Å². The predicted molar refractivity (Wildman–Crippen MR) is 76.8 cm³/mol. The van der Waals surface area contributed by atoms with E-state index in [9.17, 15) is 0 Å². The molecule has 1 aromatic rings. The van der Waals surface area contributed by atoms with Gasteiger partial charge in [-0.3, -0.25) is 0 Å². The SMILES string of the molecule is CCC(C)CN(C)CCOc1cccc(CN)c1. The maximum absolute atomic E-state index is 5.74. The Morgan fingerprint density at radius 2 is 2.17 bits per heavy atom. The van der Waals surface area contributed by atoms with Crippen LogP contribution in [0.3, 0.4) is 0 Å². The van der Waals surface area contributed by atoms with Crippen molar-refractivity contribution >= 4 is 0 Å². The fourth-order valence-electron chi connectivity index (χ4n) is 1.83. The molecule has 2 N–H and O–H groups in total. The summed E-state index contributed by atoms with van der Waals surface area (Å²) >= 11 is 0. The molecule has 0 fully saturated rings. The molecular formula is C15H26N2O. The monoisotopic (exact) mass is 250 g/mol. The van der Waals surface area contributed by atoms with Gasteiger partial charge >= 0.3 is 0 Å². The van der Waals surface area contributed by atoms with E-state index in [0.717, 1.165) is 36.9 Å². The first-order valence-corrected chi connectivity index (χ1v) is 6.76. The predicted octanol–water partition coefficient (Wildman–Crippen LogP) is 2.50. The molecule has 1 aromatic carbocycles. The molecule has 0 aromatic heterocycles. The molecule has 0 radical (unpaired) electrons. The van der Waals surface area contributed by atoms with Crippen molar-refractivity contribution in [2.45, 2.75) is 26.8 Å². The Bertz CT molecular complexity index is 341. The van der Waals surface area contributed by atoms with Crippen LogP contribution >= 0.6 is 0 Å². The highest BCUT2D eigenvalue weighted by Gasteiger charge is 2.04. The lowest BCUT2D eigenvalue weighted by molar-refractivity contribution is 0.217. The zero-order valence-electron chi connectivity index (χ0n) is 11.9. The van der Waals surface area contributed by atoms with Crippen molar-refractivity contribution in [3.63, 3.8) is 0 Å². The van der Waals surface area contributed by atoms with Crippen LogP contribution in [0.5, 0.6) is 5.75 Å². The van der Waals surface area contributed by atoms with E-state index in [1.165, 1.54) is 6.42 Å². The van der Waals surface area contributed by atoms with Crippen molar-refractivity contribution in [3.05, 3.63) is 29.8 Å². The van der Waals surface area contributed by atoms with E-state index < -0.39 is 0 Å². The molecule has 0 bridgehead atoms. The molecule has 0 aliphatic heterocycles. The minimum absolute atomic E-state index is 0.561. The zero-order chi connectivity index (χ0) is 13.4. The first-order chi connectivity index (χ1) is 8.65. The fraction of sp³-hybridized carbons (Fsp3) is 0.600. The van der Waals surface area contributed by atoms with Crippen LogP contribution < -0.4 is 10.5 Å². The number of likely N-dealkylation sites (N-methyl/N-ethyl adjacent to an activating group) is 1. The van der Waals surface area contributed by atoms with Gasteiger partial charge in [-0.05, 0) is 30.7 Å². The first kappa shape index (κ1) is 15.0. The summed E-state index contributed by atoms with van der Waals surface area (Å²) in [6.07, 6.45) is 1.23. The Labute approximate surface area is 111 Å². The van der Waals surface area contributed by atoms with E-state index in [-0.39, 0.29) is 0 Å². The molecular weight excluding hydrogens is 224 g/mol. The second-order valence-electron chi connectivity index (χ2n) is 4.98. The maximum Gasteiger partial charge on any atom is 0.119 e. The fourth-order valence-corrected chi connectivity index (χ4v) is 1.83. The van der Waals surface area contributed by atoms with E-state index in [1.54, 1.807) is 0 Å². The highest BCUT2D eigenvalue weighted by molar-refractivity contribution is 5.28. The van der Waals surface area contributed by atoms with Crippen LogP contribution in [-0.4, -0.2) is 31.6 Å². The summed E-state index contributed by atoms with van der Waals surface area (Å²) < 4.78 is 5.74. The van der Waals surface area contributed by atoms with Gasteiger partial charge in [0.25, 0.3) is 0 Å². The Morgan fingerprint density at radius 3 is 2.83 bits per heavy atom. The first-order valence-electron chi connectivity index (χ1n) is 6.76. The van der Waals surface area contributed by atoms with Crippen molar-refractivity contribution in [1.29, 1.82) is 0 Å². The maximum atomic E-state index is 5.74. The second kappa shape index (κ2) is 8.11. The Morgan fingerprint density at radius 1 is 1.39 bits per heavy atom. The number of benzene rings is 1. The van der Waals surface area contributed by atoms with Gasteiger partial charge in [0.1, 0.15) is 12.4 Å². The third-order valence-corrected chi connectivity index (χ3v) is 3.20. The molecule has 0 aliphatic carbocycles. The Hall–Kier alpha value is -1.06. The van der Waals surface area contributed by atoms with E-state index in [1.807, 2.05) is 24.3 Å². The molecule has 0 amide bonds. The summed E-state index contributed by atoms with van der Waals surface area (Å²) in [6.45, 7) is 7.88. The summed E-state index contributed by atoms with van der Waals surface area (Å²) in [7, 11) is 2.14. The van der Waals surface area contributed by atoms with Crippen LogP contribution in [0.25, 0.3) is 0 Å². The van der Waals surface area contributed by atoms with Crippen LogP contribution in [0.2, 0.25) is 0 Å². The molecule has 0 heterocycles. The molecule has 3 heteroatoms. The molecule has 1 unspecified atom stereocenters. The highest BCUT2D eigenvalue weighted by atomic mass is 16.5. The van der Waals surface area contributed by atoms with E-state index in [2.05, 4.69) is 25.8 Å². The average Bonchev–Trinajstić information content (AvgIpc) is 2.38. The Kier molecular flexibility index (Phi) is 6.76. The van der Waals surface area contributed by atoms with Crippen molar-refractivity contribution in [2.75, 3.05) is 26.7 Å². The smallest absolute Gasteiger partial charge is 0.119 e. The van der Waals surface area contributed by atoms with E-state index in [0.29, 0.717) is 6.54 Å². The summed E-state index contributed by atoms with van der Waals surface area (Å²) in [4.78, 5) is 2.32. The molecule has 1 atom stereocenters. The molecule has 102 valence electrons. The highest BCUT2D eigenvalue weighted by Crippen LogP contribution is 2.12. The standard InChI is InChI=1S/C15H26N2O/c1-4-13(2)12-17(3)8-9-18-15-7-5-6-14(10-15)11-16/h5-7,10,13H,4,8-9,11-12,16H2,1-3H3. The van der Waals surface area contributed by atoms with Gasteiger partial charge in [-0.15, -0.1) is 0 Å². The van der Waals surface area contributed by atoms with Crippen LogP contribution in [0.15, 0.2) is 24.3 Å². The van der Waals surface area contributed by atoms with Gasteiger partial charge in [0.2, 0.25) is 0 Å². The number of hydrogen-bond donors (Lipinski definition) is 1. The van der Waals surface area contributed by atoms with Gasteiger partial charge < -0.3 is 15.4 Å². The molecule has 18 heavy (non-hydrogen) atoms. The van der Waals surface area contributed by atoms with Crippen LogP contribution in [-0.2, 0) is 6.54 Å². The summed E-state index contributed by atoms with van der Waals surface area (Å²) in [6, 6.07) is 7.99. The molecule has 0 aliphatic rings. The molecule has 3 nitrogen and oxygen atoms in total. The number of ether oxygens (including phenoxy) is 1. The van der Waals surface area contributed by atoms with E-state index in [4.69, 9.17) is 10.5 Å².